The van der Waals surface area contributed by atoms with E-state index in [4.69, 9.17) is 5.26 Å². The lowest BCUT2D eigenvalue weighted by Crippen LogP contribution is -2.02. The summed E-state index contributed by atoms with van der Waals surface area (Å²) in [6, 6.07) is 13.5. The van der Waals surface area contributed by atoms with Crippen LogP contribution in [0.1, 0.15) is 5.56 Å². The lowest BCUT2D eigenvalue weighted by molar-refractivity contribution is -0.137. The molecule has 2 aromatic carbocycles. The molecule has 3 nitrogen and oxygen atoms in total. The Kier molecular flexibility index (Phi) is 3.85. The van der Waals surface area contributed by atoms with E-state index in [9.17, 15) is 4.79 Å². The van der Waals surface area contributed by atoms with Gasteiger partial charge in [-0.15, -0.1) is 11.8 Å². The minimum atomic E-state index is -0.256. The van der Waals surface area contributed by atoms with Gasteiger partial charge in [0.05, 0.1) is 24.5 Å². The Morgan fingerprint density at radius 3 is 2.67 bits per heavy atom. The smallest absolute Gasteiger partial charge is 0.315 e. The third-order valence-electron chi connectivity index (χ3n) is 2.58. The van der Waals surface area contributed by atoms with Crippen LogP contribution in [0.4, 0.5) is 0 Å². The normalized spacial score (nSPS) is 10.0. The van der Waals surface area contributed by atoms with E-state index in [1.807, 2.05) is 30.3 Å². The summed E-state index contributed by atoms with van der Waals surface area (Å²) in [5.41, 5.74) is 0.646. The molecule has 90 valence electrons. The number of benzene rings is 2. The molecular formula is C14H11NO2S. The molecule has 4 heteroatoms. The number of nitrogens with zero attached hydrogens (tertiary/aromatic N) is 1. The van der Waals surface area contributed by atoms with Gasteiger partial charge in [0.15, 0.2) is 0 Å². The molecule has 2 aromatic rings. The van der Waals surface area contributed by atoms with Gasteiger partial charge in [-0.25, -0.2) is 0 Å². The highest BCUT2D eigenvalue weighted by molar-refractivity contribution is 8.00. The molecule has 0 radical (unpaired) electrons. The van der Waals surface area contributed by atoms with Crippen LogP contribution in [0.15, 0.2) is 41.3 Å². The van der Waals surface area contributed by atoms with Gasteiger partial charge in [-0.3, -0.25) is 4.79 Å². The topological polar surface area (TPSA) is 50.1 Å². The van der Waals surface area contributed by atoms with Gasteiger partial charge in [-0.1, -0.05) is 24.3 Å². The number of nitriles is 1. The second-order valence-electron chi connectivity index (χ2n) is 3.63. The largest absolute Gasteiger partial charge is 0.468 e. The Bertz CT molecular complexity index is 631. The summed E-state index contributed by atoms with van der Waals surface area (Å²) in [4.78, 5) is 12.1. The maximum atomic E-state index is 11.1. The van der Waals surface area contributed by atoms with Gasteiger partial charge in [-0.2, -0.15) is 5.26 Å². The molecule has 0 heterocycles. The van der Waals surface area contributed by atoms with Gasteiger partial charge < -0.3 is 4.74 Å². The van der Waals surface area contributed by atoms with E-state index in [2.05, 4.69) is 10.8 Å². The molecule has 0 aliphatic heterocycles. The van der Waals surface area contributed by atoms with E-state index in [1.54, 1.807) is 6.07 Å². The van der Waals surface area contributed by atoms with Crippen molar-refractivity contribution in [2.75, 3.05) is 12.9 Å². The van der Waals surface area contributed by atoms with Gasteiger partial charge in [0.1, 0.15) is 0 Å². The molecule has 0 aromatic heterocycles. The highest BCUT2D eigenvalue weighted by atomic mass is 32.2. The summed E-state index contributed by atoms with van der Waals surface area (Å²) in [5.74, 6) is 0.0142. The Morgan fingerprint density at radius 2 is 2.00 bits per heavy atom. The number of carbonyl (C=O) groups is 1. The number of rotatable bonds is 3. The molecule has 0 bridgehead atoms. The third-order valence-corrected chi connectivity index (χ3v) is 3.62. The lowest BCUT2D eigenvalue weighted by atomic mass is 10.1. The highest BCUT2D eigenvalue weighted by Crippen LogP contribution is 2.29. The quantitative estimate of drug-likeness (QED) is 0.626. The van der Waals surface area contributed by atoms with Gasteiger partial charge in [0.2, 0.25) is 0 Å². The van der Waals surface area contributed by atoms with Crippen LogP contribution < -0.4 is 0 Å². The zero-order valence-electron chi connectivity index (χ0n) is 9.84. The van der Waals surface area contributed by atoms with Gasteiger partial charge in [-0.05, 0) is 17.5 Å². The first-order valence-electron chi connectivity index (χ1n) is 5.37. The van der Waals surface area contributed by atoms with Crippen molar-refractivity contribution in [1.29, 1.82) is 5.26 Å². The van der Waals surface area contributed by atoms with Crippen molar-refractivity contribution < 1.29 is 9.53 Å². The molecule has 0 N–H and O–H groups in total. The predicted octanol–water partition coefficient (Wildman–Crippen LogP) is 2.98. The second kappa shape index (κ2) is 5.56. The van der Waals surface area contributed by atoms with Crippen LogP contribution in [0.5, 0.6) is 0 Å². The van der Waals surface area contributed by atoms with Crippen molar-refractivity contribution >= 4 is 28.5 Å². The Hall–Kier alpha value is -1.99. The number of fused-ring (bicyclic) bond motifs is 1. The average molecular weight is 257 g/mol. The maximum Gasteiger partial charge on any atom is 0.315 e. The van der Waals surface area contributed by atoms with Crippen LogP contribution in [0.3, 0.4) is 0 Å². The van der Waals surface area contributed by atoms with Crippen molar-refractivity contribution in [3.05, 3.63) is 42.0 Å². The van der Waals surface area contributed by atoms with Crippen molar-refractivity contribution in [2.24, 2.45) is 0 Å². The molecule has 0 aliphatic carbocycles. The first-order valence-corrected chi connectivity index (χ1v) is 6.36. The highest BCUT2D eigenvalue weighted by Gasteiger charge is 2.08. The zero-order chi connectivity index (χ0) is 13.0. The van der Waals surface area contributed by atoms with Crippen molar-refractivity contribution in [2.45, 2.75) is 4.90 Å². The van der Waals surface area contributed by atoms with Crippen LogP contribution in [0.2, 0.25) is 0 Å². The number of hydrogen-bond donors (Lipinski definition) is 0. The molecule has 0 spiro atoms. The fourth-order valence-electron chi connectivity index (χ4n) is 1.69. The summed E-state index contributed by atoms with van der Waals surface area (Å²) in [6.07, 6.45) is 0. The molecule has 0 saturated carbocycles. The first kappa shape index (κ1) is 12.5. The molecule has 0 unspecified atom stereocenters. The summed E-state index contributed by atoms with van der Waals surface area (Å²) in [7, 11) is 1.37. The zero-order valence-corrected chi connectivity index (χ0v) is 10.7. The number of esters is 1. The van der Waals surface area contributed by atoms with E-state index < -0.39 is 0 Å². The maximum absolute atomic E-state index is 11.1. The van der Waals surface area contributed by atoms with Crippen LogP contribution in [0.25, 0.3) is 10.8 Å². The van der Waals surface area contributed by atoms with E-state index in [-0.39, 0.29) is 11.7 Å². The van der Waals surface area contributed by atoms with Crippen molar-refractivity contribution in [3.63, 3.8) is 0 Å². The number of carbonyl (C=O) groups excluding carboxylic acids is 1. The minimum absolute atomic E-state index is 0.256. The fourth-order valence-corrected chi connectivity index (χ4v) is 2.58. The molecule has 0 aliphatic rings. The Morgan fingerprint density at radius 1 is 1.28 bits per heavy atom. The number of hydrogen-bond acceptors (Lipinski definition) is 4. The van der Waals surface area contributed by atoms with Gasteiger partial charge in [0, 0.05) is 10.3 Å². The summed E-state index contributed by atoms with van der Waals surface area (Å²) >= 11 is 1.42. The van der Waals surface area contributed by atoms with E-state index in [0.29, 0.717) is 5.56 Å². The van der Waals surface area contributed by atoms with Crippen LogP contribution in [-0.4, -0.2) is 18.8 Å². The Labute approximate surface area is 109 Å². The molecular weight excluding hydrogens is 246 g/mol. The van der Waals surface area contributed by atoms with Gasteiger partial charge in [0.25, 0.3) is 0 Å². The van der Waals surface area contributed by atoms with Crippen LogP contribution >= 0.6 is 11.8 Å². The minimum Gasteiger partial charge on any atom is -0.468 e. The van der Waals surface area contributed by atoms with Crippen molar-refractivity contribution in [1.82, 2.24) is 0 Å². The van der Waals surface area contributed by atoms with Crippen LogP contribution in [0, 0.1) is 11.3 Å². The van der Waals surface area contributed by atoms with Crippen molar-refractivity contribution in [3.8, 4) is 6.07 Å². The number of methoxy groups -OCH3 is 1. The SMILES string of the molecule is COC(=O)CSc1ccc(C#N)c2ccccc12. The summed E-state index contributed by atoms with van der Waals surface area (Å²) < 4.78 is 4.62. The third kappa shape index (κ3) is 2.47. The first-order chi connectivity index (χ1) is 8.76. The average Bonchev–Trinajstić information content (AvgIpc) is 2.44. The van der Waals surface area contributed by atoms with Crippen LogP contribution in [-0.2, 0) is 9.53 Å². The fraction of sp³-hybridized carbons (Fsp3) is 0.143. The second-order valence-corrected chi connectivity index (χ2v) is 4.65. The number of ether oxygens (including phenoxy) is 1. The summed E-state index contributed by atoms with van der Waals surface area (Å²) in [6.45, 7) is 0. The molecule has 0 saturated heterocycles. The Balaban J connectivity index is 2.41. The molecule has 2 rings (SSSR count). The molecule has 0 fully saturated rings. The van der Waals surface area contributed by atoms with Gasteiger partial charge >= 0.3 is 5.97 Å². The van der Waals surface area contributed by atoms with E-state index in [1.165, 1.54) is 18.9 Å². The lowest BCUT2D eigenvalue weighted by Gasteiger charge is -2.06. The molecule has 18 heavy (non-hydrogen) atoms. The number of thioether (sulfide) groups is 1. The van der Waals surface area contributed by atoms with E-state index >= 15 is 0 Å². The molecule has 0 atom stereocenters. The van der Waals surface area contributed by atoms with E-state index in [0.717, 1.165) is 15.7 Å². The predicted molar refractivity (Wildman–Crippen MR) is 71.4 cm³/mol. The molecule has 0 amide bonds. The summed E-state index contributed by atoms with van der Waals surface area (Å²) in [5, 5.41) is 11.0. The standard InChI is InChI=1S/C14H11NO2S/c1-17-14(16)9-18-13-7-6-10(8-15)11-4-2-3-5-12(11)13/h2-7H,9H2,1H3. The monoisotopic (exact) mass is 257 g/mol.